The summed E-state index contributed by atoms with van der Waals surface area (Å²) in [5.41, 5.74) is 1.39. The van der Waals surface area contributed by atoms with Crippen LogP contribution in [0.1, 0.15) is 29.7 Å². The van der Waals surface area contributed by atoms with Crippen molar-refractivity contribution in [3.05, 3.63) is 20.8 Å². The topological polar surface area (TPSA) is 22.0 Å². The lowest BCUT2D eigenvalue weighted by Crippen LogP contribution is -2.16. The van der Waals surface area contributed by atoms with Gasteiger partial charge in [0.1, 0.15) is 0 Å². The lowest BCUT2D eigenvalue weighted by molar-refractivity contribution is 0.659. The number of fused-ring (bicyclic) bond motifs is 1. The highest BCUT2D eigenvalue weighted by atomic mass is 79.9. The molecule has 0 atom stereocenters. The molecule has 0 spiro atoms. The minimum atomic E-state index is 0.289. The quantitative estimate of drug-likeness (QED) is 0.612. The fourth-order valence-corrected chi connectivity index (χ4v) is 3.48. The lowest BCUT2D eigenvalue weighted by Gasteiger charge is -1.98. The molecule has 1 aromatic heterocycles. The Balaban J connectivity index is 2.08. The molecule has 2 rings (SSSR count). The first kappa shape index (κ1) is 10.4. The highest BCUT2D eigenvalue weighted by Crippen LogP contribution is 2.23. The molecule has 78 valence electrons. The summed E-state index contributed by atoms with van der Waals surface area (Å²) in [6.07, 6.45) is 5.56. The fourth-order valence-electron chi connectivity index (χ4n) is 1.87. The molecule has 1 aliphatic carbocycles. The van der Waals surface area contributed by atoms with Gasteiger partial charge in [0.15, 0.2) is 0 Å². The van der Waals surface area contributed by atoms with Crippen molar-refractivity contribution in [1.82, 2.24) is 3.96 Å². The van der Waals surface area contributed by atoms with E-state index < -0.39 is 0 Å². The van der Waals surface area contributed by atoms with Crippen LogP contribution in [0.15, 0.2) is 4.79 Å². The van der Waals surface area contributed by atoms with E-state index in [0.29, 0.717) is 0 Å². The van der Waals surface area contributed by atoms with E-state index >= 15 is 0 Å². The van der Waals surface area contributed by atoms with Crippen molar-refractivity contribution in [2.24, 2.45) is 0 Å². The third-order valence-electron chi connectivity index (χ3n) is 2.62. The summed E-state index contributed by atoms with van der Waals surface area (Å²) in [5.74, 6) is 0. The maximum atomic E-state index is 11.8. The molecule has 1 aromatic rings. The molecular weight excluding hydrogens is 262 g/mol. The molecule has 4 heteroatoms. The molecule has 0 amide bonds. The van der Waals surface area contributed by atoms with Gasteiger partial charge in [-0.15, -0.1) is 0 Å². The van der Waals surface area contributed by atoms with Crippen LogP contribution < -0.4 is 5.56 Å². The molecular formula is C10H14BrNOS. The van der Waals surface area contributed by atoms with Gasteiger partial charge in [-0.2, -0.15) is 0 Å². The summed E-state index contributed by atoms with van der Waals surface area (Å²) < 4.78 is 1.94. The SMILES string of the molecule is O=c1c2c(sn1CCCCBr)CCC2. The van der Waals surface area contributed by atoms with Crippen LogP contribution >= 0.6 is 27.5 Å². The molecule has 0 fully saturated rings. The van der Waals surface area contributed by atoms with E-state index in [1.54, 1.807) is 11.5 Å². The third kappa shape index (κ3) is 1.96. The Bertz CT molecular complexity index is 369. The second-order valence-electron chi connectivity index (χ2n) is 3.65. The molecule has 0 aromatic carbocycles. The van der Waals surface area contributed by atoms with Crippen LogP contribution in [0.3, 0.4) is 0 Å². The van der Waals surface area contributed by atoms with Crippen molar-refractivity contribution in [3.8, 4) is 0 Å². The van der Waals surface area contributed by atoms with Crippen molar-refractivity contribution in [1.29, 1.82) is 0 Å². The van der Waals surface area contributed by atoms with E-state index in [2.05, 4.69) is 15.9 Å². The number of rotatable bonds is 4. The van der Waals surface area contributed by atoms with Crippen molar-refractivity contribution in [3.63, 3.8) is 0 Å². The number of alkyl halides is 1. The van der Waals surface area contributed by atoms with Gasteiger partial charge >= 0.3 is 0 Å². The Hall–Kier alpha value is -0.0900. The molecule has 1 heterocycles. The van der Waals surface area contributed by atoms with Gasteiger partial charge < -0.3 is 0 Å². The van der Waals surface area contributed by atoms with E-state index in [-0.39, 0.29) is 5.56 Å². The molecule has 0 N–H and O–H groups in total. The van der Waals surface area contributed by atoms with Gasteiger partial charge in [-0.3, -0.25) is 8.75 Å². The van der Waals surface area contributed by atoms with Crippen molar-refractivity contribution in [2.45, 2.75) is 38.6 Å². The average Bonchev–Trinajstić information content (AvgIpc) is 2.72. The van der Waals surface area contributed by atoms with Gasteiger partial charge in [-0.25, -0.2) is 0 Å². The Morgan fingerprint density at radius 1 is 1.36 bits per heavy atom. The van der Waals surface area contributed by atoms with Crippen LogP contribution in [0, 0.1) is 0 Å². The minimum absolute atomic E-state index is 0.289. The van der Waals surface area contributed by atoms with Gasteiger partial charge in [-0.1, -0.05) is 27.5 Å². The Morgan fingerprint density at radius 2 is 2.21 bits per heavy atom. The monoisotopic (exact) mass is 275 g/mol. The molecule has 0 unspecified atom stereocenters. The molecule has 0 radical (unpaired) electrons. The number of aromatic nitrogens is 1. The van der Waals surface area contributed by atoms with Crippen molar-refractivity contribution < 1.29 is 0 Å². The summed E-state index contributed by atoms with van der Waals surface area (Å²) in [7, 11) is 0. The molecule has 0 saturated carbocycles. The zero-order valence-corrected chi connectivity index (χ0v) is 10.5. The zero-order valence-electron chi connectivity index (χ0n) is 8.09. The van der Waals surface area contributed by atoms with Crippen LogP contribution in [0.2, 0.25) is 0 Å². The largest absolute Gasteiger partial charge is 0.268 e. The Kier molecular flexibility index (Phi) is 3.44. The van der Waals surface area contributed by atoms with Crippen LogP contribution in [0.25, 0.3) is 0 Å². The van der Waals surface area contributed by atoms with E-state index in [9.17, 15) is 4.79 Å². The van der Waals surface area contributed by atoms with Gasteiger partial charge in [0.2, 0.25) is 0 Å². The van der Waals surface area contributed by atoms with E-state index in [4.69, 9.17) is 0 Å². The maximum Gasteiger partial charge on any atom is 0.264 e. The predicted molar refractivity (Wildman–Crippen MR) is 63.6 cm³/mol. The highest BCUT2D eigenvalue weighted by molar-refractivity contribution is 9.09. The van der Waals surface area contributed by atoms with Gasteiger partial charge in [0, 0.05) is 22.3 Å². The number of aryl methyl sites for hydroxylation is 2. The molecule has 1 aliphatic rings. The smallest absolute Gasteiger partial charge is 0.264 e. The average molecular weight is 276 g/mol. The molecule has 2 nitrogen and oxygen atoms in total. The van der Waals surface area contributed by atoms with Crippen LogP contribution in [0.5, 0.6) is 0 Å². The predicted octanol–water partition coefficient (Wildman–Crippen LogP) is 2.57. The number of nitrogens with zero attached hydrogens (tertiary/aromatic N) is 1. The zero-order chi connectivity index (χ0) is 9.97. The minimum Gasteiger partial charge on any atom is -0.268 e. The van der Waals surface area contributed by atoms with Crippen LogP contribution in [-0.2, 0) is 19.4 Å². The number of halogens is 1. The maximum absolute atomic E-state index is 11.8. The van der Waals surface area contributed by atoms with Gasteiger partial charge in [-0.05, 0) is 32.1 Å². The van der Waals surface area contributed by atoms with E-state index in [1.807, 2.05) is 3.96 Å². The Labute approximate surface area is 96.2 Å². The molecule has 0 bridgehead atoms. The standard InChI is InChI=1S/C10H14BrNOS/c11-6-1-2-7-12-10(13)8-4-3-5-9(8)14-12/h1-7H2. The summed E-state index contributed by atoms with van der Waals surface area (Å²) >= 11 is 5.09. The first-order valence-electron chi connectivity index (χ1n) is 5.11. The van der Waals surface area contributed by atoms with E-state index in [0.717, 1.165) is 43.1 Å². The molecule has 0 saturated heterocycles. The van der Waals surface area contributed by atoms with E-state index in [1.165, 1.54) is 11.3 Å². The first-order valence-corrected chi connectivity index (χ1v) is 7.00. The van der Waals surface area contributed by atoms with Gasteiger partial charge in [0.05, 0.1) is 0 Å². The fraction of sp³-hybridized carbons (Fsp3) is 0.700. The Morgan fingerprint density at radius 3 is 2.93 bits per heavy atom. The second-order valence-corrected chi connectivity index (χ2v) is 5.56. The number of hydrogen-bond acceptors (Lipinski definition) is 2. The van der Waals surface area contributed by atoms with Crippen molar-refractivity contribution >= 4 is 27.5 Å². The summed E-state index contributed by atoms with van der Waals surface area (Å²) in [6.45, 7) is 0.905. The number of hydrogen-bond donors (Lipinski definition) is 0. The highest BCUT2D eigenvalue weighted by Gasteiger charge is 2.19. The summed E-state index contributed by atoms with van der Waals surface area (Å²) in [4.78, 5) is 13.2. The second kappa shape index (κ2) is 4.62. The summed E-state index contributed by atoms with van der Waals surface area (Å²) in [5, 5.41) is 1.03. The number of unbranched alkanes of at least 4 members (excludes halogenated alkanes) is 1. The van der Waals surface area contributed by atoms with Crippen molar-refractivity contribution in [2.75, 3.05) is 5.33 Å². The van der Waals surface area contributed by atoms with Gasteiger partial charge in [0.25, 0.3) is 5.56 Å². The van der Waals surface area contributed by atoms with Crippen LogP contribution in [0.4, 0.5) is 0 Å². The normalized spacial score (nSPS) is 14.6. The summed E-state index contributed by atoms with van der Waals surface area (Å²) in [6, 6.07) is 0. The third-order valence-corrected chi connectivity index (χ3v) is 4.42. The molecule has 0 aliphatic heterocycles. The lowest BCUT2D eigenvalue weighted by atomic mass is 10.3. The first-order chi connectivity index (χ1) is 6.83. The van der Waals surface area contributed by atoms with Crippen LogP contribution in [-0.4, -0.2) is 9.29 Å². The molecule has 14 heavy (non-hydrogen) atoms.